The summed E-state index contributed by atoms with van der Waals surface area (Å²) >= 11 is 1.71. The summed E-state index contributed by atoms with van der Waals surface area (Å²) in [5, 5.41) is 3.04. The molecule has 0 spiro atoms. The van der Waals surface area contributed by atoms with Crippen LogP contribution in [0, 0.1) is 6.92 Å². The van der Waals surface area contributed by atoms with E-state index in [0.29, 0.717) is 18.3 Å². The van der Waals surface area contributed by atoms with Crippen LogP contribution in [0.5, 0.6) is 11.5 Å². The fraction of sp³-hybridized carbons (Fsp3) is 0.267. The fourth-order valence-corrected chi connectivity index (χ4v) is 2.64. The molecule has 5 nitrogen and oxygen atoms in total. The van der Waals surface area contributed by atoms with Gasteiger partial charge in [-0.1, -0.05) is 0 Å². The maximum Gasteiger partial charge on any atom is 0.193 e. The number of benzene rings is 1. The van der Waals surface area contributed by atoms with Gasteiger partial charge in [0.15, 0.2) is 5.96 Å². The Hall–Kier alpha value is -1.48. The first kappa shape index (κ1) is 18.6. The number of nitrogens with zero attached hydrogens (tertiary/aromatic N) is 1. The molecule has 1 aromatic carbocycles. The van der Waals surface area contributed by atoms with E-state index in [9.17, 15) is 0 Å². The van der Waals surface area contributed by atoms with Gasteiger partial charge >= 0.3 is 0 Å². The minimum absolute atomic E-state index is 0. The molecule has 7 heteroatoms. The Morgan fingerprint density at radius 1 is 1.23 bits per heavy atom. The van der Waals surface area contributed by atoms with Crippen molar-refractivity contribution in [3.05, 3.63) is 40.1 Å². The number of halogens is 1. The number of ether oxygens (including phenoxy) is 2. The lowest BCUT2D eigenvalue weighted by Crippen LogP contribution is -2.22. The van der Waals surface area contributed by atoms with Crippen molar-refractivity contribution in [3.63, 3.8) is 0 Å². The maximum atomic E-state index is 5.92. The van der Waals surface area contributed by atoms with Crippen LogP contribution in [0.3, 0.4) is 0 Å². The summed E-state index contributed by atoms with van der Waals surface area (Å²) in [5.41, 5.74) is 6.65. The van der Waals surface area contributed by atoms with Crippen molar-refractivity contribution < 1.29 is 9.47 Å². The Balaban J connectivity index is 0.00000242. The first-order chi connectivity index (χ1) is 10.1. The van der Waals surface area contributed by atoms with Crippen LogP contribution in [-0.2, 0) is 6.54 Å². The zero-order chi connectivity index (χ0) is 15.2. The third-order valence-electron chi connectivity index (χ3n) is 2.87. The Morgan fingerprint density at radius 3 is 2.59 bits per heavy atom. The van der Waals surface area contributed by atoms with Crippen LogP contribution in [0.2, 0.25) is 0 Å². The molecular weight excluding hydrogens is 413 g/mol. The van der Waals surface area contributed by atoms with Gasteiger partial charge < -0.3 is 20.5 Å². The number of nitrogens with one attached hydrogen (secondary N) is 1. The number of hydrogen-bond donors (Lipinski definition) is 2. The molecule has 0 amide bonds. The summed E-state index contributed by atoms with van der Waals surface area (Å²) in [5.74, 6) is 1.74. The van der Waals surface area contributed by atoms with Gasteiger partial charge in [0.05, 0.1) is 26.5 Å². The van der Waals surface area contributed by atoms with Gasteiger partial charge in [-0.2, -0.15) is 0 Å². The molecule has 1 heterocycles. The van der Waals surface area contributed by atoms with Gasteiger partial charge in [-0.3, -0.25) is 0 Å². The van der Waals surface area contributed by atoms with E-state index >= 15 is 0 Å². The van der Waals surface area contributed by atoms with Gasteiger partial charge in [0, 0.05) is 15.8 Å². The van der Waals surface area contributed by atoms with Crippen molar-refractivity contribution in [2.75, 3.05) is 19.5 Å². The van der Waals surface area contributed by atoms with Gasteiger partial charge in [0.25, 0.3) is 0 Å². The highest BCUT2D eigenvalue weighted by Crippen LogP contribution is 2.28. The van der Waals surface area contributed by atoms with Crippen molar-refractivity contribution in [2.45, 2.75) is 13.5 Å². The molecule has 0 radical (unpaired) electrons. The summed E-state index contributed by atoms with van der Waals surface area (Å²) in [6, 6.07) is 9.59. The van der Waals surface area contributed by atoms with Crippen molar-refractivity contribution in [2.24, 2.45) is 10.7 Å². The molecule has 22 heavy (non-hydrogen) atoms. The predicted molar refractivity (Wildman–Crippen MR) is 103 cm³/mol. The number of guanidine groups is 1. The molecule has 1 aromatic heterocycles. The van der Waals surface area contributed by atoms with Crippen LogP contribution in [0.15, 0.2) is 35.3 Å². The number of nitrogens with two attached hydrogens (primary N) is 1. The molecule has 0 bridgehead atoms. The number of aliphatic imine (C=N–C) groups is 1. The molecule has 120 valence electrons. The van der Waals surface area contributed by atoms with E-state index in [1.807, 2.05) is 18.2 Å². The van der Waals surface area contributed by atoms with E-state index in [0.717, 1.165) is 11.4 Å². The Kier molecular flexibility index (Phi) is 7.46. The molecule has 0 saturated carbocycles. The summed E-state index contributed by atoms with van der Waals surface area (Å²) in [4.78, 5) is 6.77. The van der Waals surface area contributed by atoms with Crippen LogP contribution in [-0.4, -0.2) is 20.2 Å². The number of aryl methyl sites for hydroxylation is 1. The van der Waals surface area contributed by atoms with Crippen molar-refractivity contribution in [1.29, 1.82) is 0 Å². The average molecular weight is 433 g/mol. The first-order valence-electron chi connectivity index (χ1n) is 6.46. The minimum Gasteiger partial charge on any atom is -0.497 e. The third-order valence-corrected chi connectivity index (χ3v) is 3.86. The standard InChI is InChI=1S/C15H19N3O2S.HI/c1-10-4-6-12(21-10)9-17-15(16)18-13-8-11(19-2)5-7-14(13)20-3;/h4-8H,9H2,1-3H3,(H3,16,17,18);1H. The highest BCUT2D eigenvalue weighted by atomic mass is 127. The zero-order valence-corrected chi connectivity index (χ0v) is 15.9. The average Bonchev–Trinajstić information content (AvgIpc) is 2.90. The molecule has 0 saturated heterocycles. The molecule has 0 fully saturated rings. The van der Waals surface area contributed by atoms with Gasteiger partial charge in [-0.25, -0.2) is 4.99 Å². The molecule has 2 aromatic rings. The lowest BCUT2D eigenvalue weighted by Gasteiger charge is -2.12. The van der Waals surface area contributed by atoms with Crippen LogP contribution in [0.1, 0.15) is 9.75 Å². The van der Waals surface area contributed by atoms with Crippen LogP contribution in [0.4, 0.5) is 5.69 Å². The van der Waals surface area contributed by atoms with E-state index in [1.54, 1.807) is 25.6 Å². The van der Waals surface area contributed by atoms with E-state index in [2.05, 4.69) is 29.4 Å². The lowest BCUT2D eigenvalue weighted by molar-refractivity contribution is 0.405. The fourth-order valence-electron chi connectivity index (χ4n) is 1.82. The molecule has 3 N–H and O–H groups in total. The van der Waals surface area contributed by atoms with Gasteiger partial charge in [-0.05, 0) is 31.2 Å². The molecule has 0 aliphatic carbocycles. The van der Waals surface area contributed by atoms with E-state index in [-0.39, 0.29) is 24.0 Å². The van der Waals surface area contributed by atoms with Crippen molar-refractivity contribution in [3.8, 4) is 11.5 Å². The second-order valence-electron chi connectivity index (χ2n) is 4.41. The van der Waals surface area contributed by atoms with E-state index in [1.165, 1.54) is 9.75 Å². The second-order valence-corrected chi connectivity index (χ2v) is 5.78. The van der Waals surface area contributed by atoms with Crippen LogP contribution < -0.4 is 20.5 Å². The number of anilines is 1. The summed E-state index contributed by atoms with van der Waals surface area (Å²) in [6.45, 7) is 2.63. The molecular formula is C15H20IN3O2S. The zero-order valence-electron chi connectivity index (χ0n) is 12.8. The number of thiophene rings is 1. The highest BCUT2D eigenvalue weighted by Gasteiger charge is 2.06. The summed E-state index contributed by atoms with van der Waals surface area (Å²) in [6.07, 6.45) is 0. The van der Waals surface area contributed by atoms with Gasteiger partial charge in [0.2, 0.25) is 0 Å². The van der Waals surface area contributed by atoms with Crippen LogP contribution in [0.25, 0.3) is 0 Å². The van der Waals surface area contributed by atoms with Gasteiger partial charge in [-0.15, -0.1) is 35.3 Å². The van der Waals surface area contributed by atoms with E-state index < -0.39 is 0 Å². The van der Waals surface area contributed by atoms with Crippen molar-refractivity contribution >= 4 is 47.0 Å². The Labute approximate surface area is 151 Å². The van der Waals surface area contributed by atoms with Crippen molar-refractivity contribution in [1.82, 2.24) is 0 Å². The molecule has 0 unspecified atom stereocenters. The minimum atomic E-state index is 0. The molecule has 2 rings (SSSR count). The summed E-state index contributed by atoms with van der Waals surface area (Å²) in [7, 11) is 3.22. The molecule has 0 atom stereocenters. The monoisotopic (exact) mass is 433 g/mol. The quantitative estimate of drug-likeness (QED) is 0.430. The number of rotatable bonds is 5. The van der Waals surface area contributed by atoms with Crippen LogP contribution >= 0.6 is 35.3 Å². The SMILES string of the molecule is COc1ccc(OC)c(NC(N)=NCc2ccc(C)s2)c1.I. The largest absolute Gasteiger partial charge is 0.497 e. The molecule has 0 aliphatic rings. The number of hydrogen-bond acceptors (Lipinski definition) is 4. The Morgan fingerprint density at radius 2 is 2.00 bits per heavy atom. The first-order valence-corrected chi connectivity index (χ1v) is 7.28. The topological polar surface area (TPSA) is 68.9 Å². The normalized spacial score (nSPS) is 10.8. The number of methoxy groups -OCH3 is 2. The lowest BCUT2D eigenvalue weighted by atomic mass is 10.2. The highest BCUT2D eigenvalue weighted by molar-refractivity contribution is 14.0. The Bertz CT molecular complexity index is 643. The van der Waals surface area contributed by atoms with Gasteiger partial charge in [0.1, 0.15) is 11.5 Å². The maximum absolute atomic E-state index is 5.92. The summed E-state index contributed by atoms with van der Waals surface area (Å²) < 4.78 is 10.5. The molecule has 0 aliphatic heterocycles. The third kappa shape index (κ3) is 5.06. The second kappa shape index (κ2) is 8.84. The van der Waals surface area contributed by atoms with E-state index in [4.69, 9.17) is 15.2 Å². The predicted octanol–water partition coefficient (Wildman–Crippen LogP) is 3.62. The smallest absolute Gasteiger partial charge is 0.193 e.